The van der Waals surface area contributed by atoms with Crippen LogP contribution < -0.4 is 10.9 Å². The molecule has 30 heavy (non-hydrogen) atoms. The van der Waals surface area contributed by atoms with Gasteiger partial charge in [-0.3, -0.25) is 4.79 Å². The normalized spacial score (nSPS) is 13.3. The van der Waals surface area contributed by atoms with Crippen LogP contribution in [0.3, 0.4) is 0 Å². The van der Waals surface area contributed by atoms with E-state index < -0.39 is 34.4 Å². The highest BCUT2D eigenvalue weighted by Crippen LogP contribution is 2.41. The Labute approximate surface area is 170 Å². The van der Waals surface area contributed by atoms with E-state index in [0.29, 0.717) is 12.1 Å². The number of aliphatic hydroxyl groups is 2. The quantitative estimate of drug-likeness (QED) is 0.386. The van der Waals surface area contributed by atoms with Gasteiger partial charge in [-0.1, -0.05) is 6.92 Å². The third kappa shape index (κ3) is 2.82. The lowest BCUT2D eigenvalue weighted by molar-refractivity contribution is 0.0691. The van der Waals surface area contributed by atoms with Crippen LogP contribution in [-0.2, 0) is 20.0 Å². The first-order chi connectivity index (χ1) is 14.2. The molecule has 4 rings (SSSR count). The predicted molar refractivity (Wildman–Crippen MR) is 111 cm³/mol. The molecule has 0 aliphatic heterocycles. The number of hydrogen-bond donors (Lipinski definition) is 6. The number of allylic oxidation sites excluding steroid dienone is 1. The number of rotatable bonds is 4. The summed E-state index contributed by atoms with van der Waals surface area (Å²) in [6.07, 6.45) is -0.333. The number of carbonyl (C=O) groups is 1. The number of benzene rings is 1. The Kier molecular flexibility index (Phi) is 4.54. The zero-order valence-corrected chi connectivity index (χ0v) is 16.4. The van der Waals surface area contributed by atoms with E-state index in [4.69, 9.17) is 0 Å². The molecular formula is C21H21N3O6. The summed E-state index contributed by atoms with van der Waals surface area (Å²) < 4.78 is 1.96. The van der Waals surface area contributed by atoms with Crippen molar-refractivity contribution in [2.24, 2.45) is 7.05 Å². The van der Waals surface area contributed by atoms with Gasteiger partial charge in [0.1, 0.15) is 11.5 Å². The number of aromatic amines is 1. The monoisotopic (exact) mass is 411 g/mol. The summed E-state index contributed by atoms with van der Waals surface area (Å²) in [5, 5.41) is 44.9. The van der Waals surface area contributed by atoms with Crippen molar-refractivity contribution in [1.29, 1.82) is 0 Å². The fourth-order valence-electron chi connectivity index (χ4n) is 3.90. The Hall–Kier alpha value is -3.72. The van der Waals surface area contributed by atoms with Gasteiger partial charge in [0.2, 0.25) is 0 Å². The third-order valence-electron chi connectivity index (χ3n) is 5.48. The fraction of sp³-hybridized carbons (Fsp3) is 0.238. The molecular weight excluding hydrogens is 390 g/mol. The van der Waals surface area contributed by atoms with Gasteiger partial charge in [0.05, 0.1) is 5.69 Å². The SMILES string of the molecule is CCNCc1cc2cc3c(cc2n1C)C(O)=C(O)Cc1c-3[nH]c(=O)c(C(=O)O)c1O. The molecule has 2 aromatic heterocycles. The molecule has 1 aliphatic carbocycles. The highest BCUT2D eigenvalue weighted by Gasteiger charge is 2.29. The van der Waals surface area contributed by atoms with Crippen molar-refractivity contribution in [2.45, 2.75) is 19.9 Å². The van der Waals surface area contributed by atoms with E-state index in [-0.39, 0.29) is 23.2 Å². The summed E-state index contributed by atoms with van der Waals surface area (Å²) in [6.45, 7) is 3.44. The van der Waals surface area contributed by atoms with Gasteiger partial charge in [0.25, 0.3) is 5.56 Å². The number of fused-ring (bicyclic) bond motifs is 4. The second kappa shape index (κ2) is 6.96. The number of aliphatic hydroxyl groups excluding tert-OH is 2. The van der Waals surface area contributed by atoms with Crippen LogP contribution in [0, 0.1) is 0 Å². The number of nitrogens with one attached hydrogen (secondary N) is 2. The van der Waals surface area contributed by atoms with Gasteiger partial charge in [-0.2, -0.15) is 0 Å². The maximum atomic E-state index is 12.3. The van der Waals surface area contributed by atoms with Gasteiger partial charge in [0.15, 0.2) is 11.3 Å². The highest BCUT2D eigenvalue weighted by molar-refractivity contribution is 5.96. The number of hydrogen-bond acceptors (Lipinski definition) is 6. The average molecular weight is 411 g/mol. The van der Waals surface area contributed by atoms with Crippen molar-refractivity contribution >= 4 is 22.6 Å². The van der Waals surface area contributed by atoms with E-state index in [2.05, 4.69) is 10.3 Å². The van der Waals surface area contributed by atoms with Gasteiger partial charge in [-0.25, -0.2) is 4.79 Å². The lowest BCUT2D eigenvalue weighted by Gasteiger charge is -2.13. The van der Waals surface area contributed by atoms with E-state index in [9.17, 15) is 30.0 Å². The van der Waals surface area contributed by atoms with Crippen LogP contribution in [0.25, 0.3) is 27.9 Å². The molecule has 1 aliphatic rings. The van der Waals surface area contributed by atoms with E-state index in [0.717, 1.165) is 23.1 Å². The zero-order valence-electron chi connectivity index (χ0n) is 16.4. The molecule has 0 unspecified atom stereocenters. The summed E-state index contributed by atoms with van der Waals surface area (Å²) in [6, 6.07) is 5.40. The van der Waals surface area contributed by atoms with Gasteiger partial charge < -0.3 is 35.3 Å². The number of aryl methyl sites for hydroxylation is 1. The number of aromatic carboxylic acids is 1. The molecule has 0 saturated carbocycles. The minimum atomic E-state index is -1.58. The second-order valence-electron chi connectivity index (χ2n) is 7.24. The van der Waals surface area contributed by atoms with Crippen LogP contribution in [0.5, 0.6) is 5.75 Å². The molecule has 156 valence electrons. The Balaban J connectivity index is 2.06. The molecule has 9 heteroatoms. The lowest BCUT2D eigenvalue weighted by Crippen LogP contribution is -2.20. The fourth-order valence-corrected chi connectivity index (χ4v) is 3.90. The first kappa shape index (κ1) is 19.6. The summed E-state index contributed by atoms with van der Waals surface area (Å²) >= 11 is 0. The topological polar surface area (TPSA) is 148 Å². The van der Waals surface area contributed by atoms with Crippen molar-refractivity contribution in [3.63, 3.8) is 0 Å². The molecule has 0 spiro atoms. The number of carboxylic acid groups (broad SMARTS) is 1. The molecule has 3 aromatic rings. The lowest BCUT2D eigenvalue weighted by atomic mass is 9.97. The van der Waals surface area contributed by atoms with Crippen molar-refractivity contribution < 1.29 is 25.2 Å². The number of aromatic hydroxyl groups is 1. The first-order valence-corrected chi connectivity index (χ1v) is 9.40. The number of aromatic nitrogens is 2. The molecule has 0 fully saturated rings. The number of nitrogens with zero attached hydrogens (tertiary/aromatic N) is 1. The van der Waals surface area contributed by atoms with Crippen molar-refractivity contribution in [1.82, 2.24) is 14.9 Å². The molecule has 2 heterocycles. The Morgan fingerprint density at radius 2 is 1.93 bits per heavy atom. The van der Waals surface area contributed by atoms with E-state index in [1.807, 2.05) is 24.6 Å². The van der Waals surface area contributed by atoms with Gasteiger partial charge >= 0.3 is 5.97 Å². The summed E-state index contributed by atoms with van der Waals surface area (Å²) in [5.74, 6) is -3.14. The number of H-pyrrole nitrogens is 1. The van der Waals surface area contributed by atoms with Crippen LogP contribution in [0.1, 0.15) is 34.1 Å². The summed E-state index contributed by atoms with van der Waals surface area (Å²) in [5.41, 5.74) is 0.863. The van der Waals surface area contributed by atoms with E-state index in [1.165, 1.54) is 0 Å². The van der Waals surface area contributed by atoms with E-state index in [1.54, 1.807) is 12.1 Å². The van der Waals surface area contributed by atoms with Crippen molar-refractivity contribution in [2.75, 3.05) is 6.54 Å². The number of carboxylic acids is 1. The smallest absolute Gasteiger partial charge is 0.345 e. The van der Waals surface area contributed by atoms with E-state index >= 15 is 0 Å². The third-order valence-corrected chi connectivity index (χ3v) is 5.48. The molecule has 0 bridgehead atoms. The van der Waals surface area contributed by atoms with Crippen molar-refractivity contribution in [3.05, 3.63) is 56.7 Å². The predicted octanol–water partition coefficient (Wildman–Crippen LogP) is 2.39. The number of pyridine rings is 1. The molecule has 0 saturated heterocycles. The highest BCUT2D eigenvalue weighted by atomic mass is 16.4. The Bertz CT molecular complexity index is 1300. The maximum absolute atomic E-state index is 12.3. The van der Waals surface area contributed by atoms with Crippen LogP contribution in [0.2, 0.25) is 0 Å². The molecule has 0 atom stereocenters. The zero-order chi connectivity index (χ0) is 21.7. The average Bonchev–Trinajstić information content (AvgIpc) is 2.96. The minimum Gasteiger partial charge on any atom is -0.508 e. The molecule has 0 radical (unpaired) electrons. The van der Waals surface area contributed by atoms with Gasteiger partial charge in [-0.05, 0) is 24.7 Å². The summed E-state index contributed by atoms with van der Waals surface area (Å²) in [4.78, 5) is 26.2. The second-order valence-corrected chi connectivity index (χ2v) is 7.24. The standard InChI is InChI=1S/C21H21N3O6/c1-3-22-8-10-4-9-5-11-12(6-14(9)24(10)2)18(26)15(25)7-13-17(11)23-20(28)16(19(13)27)21(29)30/h4-6,22,25-26H,3,7-8H2,1-2H3,(H,29,30)(H2,23,27,28). The Morgan fingerprint density at radius 3 is 2.60 bits per heavy atom. The van der Waals surface area contributed by atoms with Crippen LogP contribution in [0.4, 0.5) is 0 Å². The molecule has 6 N–H and O–H groups in total. The van der Waals surface area contributed by atoms with Crippen LogP contribution in [0.15, 0.2) is 28.8 Å². The maximum Gasteiger partial charge on any atom is 0.345 e. The minimum absolute atomic E-state index is 0.0259. The van der Waals surface area contributed by atoms with Gasteiger partial charge in [-0.15, -0.1) is 0 Å². The molecule has 1 aromatic carbocycles. The van der Waals surface area contributed by atoms with Crippen molar-refractivity contribution in [3.8, 4) is 17.0 Å². The first-order valence-electron chi connectivity index (χ1n) is 9.40. The molecule has 0 amide bonds. The Morgan fingerprint density at radius 1 is 1.20 bits per heavy atom. The van der Waals surface area contributed by atoms with Crippen LogP contribution >= 0.6 is 0 Å². The summed E-state index contributed by atoms with van der Waals surface area (Å²) in [7, 11) is 1.89. The molecule has 9 nitrogen and oxygen atoms in total. The van der Waals surface area contributed by atoms with Gasteiger partial charge in [0, 0.05) is 53.3 Å². The largest absolute Gasteiger partial charge is 0.508 e. The van der Waals surface area contributed by atoms with Crippen LogP contribution in [-0.4, -0.2) is 42.5 Å².